The number of aldehydes is 1. The highest BCUT2D eigenvalue weighted by atomic mass is 16.1. The molecule has 0 saturated heterocycles. The van der Waals surface area contributed by atoms with Gasteiger partial charge in [-0.3, -0.25) is 4.79 Å². The summed E-state index contributed by atoms with van der Waals surface area (Å²) >= 11 is 0. The van der Waals surface area contributed by atoms with Crippen molar-refractivity contribution in [2.24, 2.45) is 0 Å². The van der Waals surface area contributed by atoms with Gasteiger partial charge in [-0.25, -0.2) is 0 Å². The highest BCUT2D eigenvalue weighted by Gasteiger charge is 1.93. The molecule has 12 heavy (non-hydrogen) atoms. The van der Waals surface area contributed by atoms with Crippen LogP contribution in [0.1, 0.15) is 29.8 Å². The fourth-order valence-electron chi connectivity index (χ4n) is 0.991. The van der Waals surface area contributed by atoms with Gasteiger partial charge in [-0.1, -0.05) is 30.3 Å². The largest absolute Gasteiger partial charge is 0.298 e. The zero-order valence-corrected chi connectivity index (χ0v) is 7.37. The summed E-state index contributed by atoms with van der Waals surface area (Å²) in [5.74, 6) is 0. The summed E-state index contributed by atoms with van der Waals surface area (Å²) in [6.45, 7) is 4.05. The van der Waals surface area contributed by atoms with Crippen LogP contribution in [0, 0.1) is 0 Å². The Morgan fingerprint density at radius 1 is 1.25 bits per heavy atom. The lowest BCUT2D eigenvalue weighted by atomic mass is 10.1. The van der Waals surface area contributed by atoms with Crippen molar-refractivity contribution in [3.05, 3.63) is 41.5 Å². The molecular weight excluding hydrogens is 148 g/mol. The molecule has 0 heterocycles. The number of rotatable bonds is 2. The molecule has 0 atom stereocenters. The molecule has 0 spiro atoms. The normalized spacial score (nSPS) is 11.3. The SMILES string of the molecule is C/C=C(\C)c1ccc(C=O)cc1. The predicted molar refractivity (Wildman–Crippen MR) is 51.2 cm³/mol. The fourth-order valence-corrected chi connectivity index (χ4v) is 0.991. The van der Waals surface area contributed by atoms with E-state index >= 15 is 0 Å². The van der Waals surface area contributed by atoms with Crippen LogP contribution >= 0.6 is 0 Å². The zero-order chi connectivity index (χ0) is 8.97. The predicted octanol–water partition coefficient (Wildman–Crippen LogP) is 2.92. The molecule has 0 unspecified atom stereocenters. The molecule has 1 aromatic carbocycles. The van der Waals surface area contributed by atoms with Crippen LogP contribution in [0.15, 0.2) is 30.3 Å². The minimum Gasteiger partial charge on any atom is -0.298 e. The summed E-state index contributed by atoms with van der Waals surface area (Å²) in [5.41, 5.74) is 3.12. The van der Waals surface area contributed by atoms with Crippen LogP contribution in [0.25, 0.3) is 5.57 Å². The molecule has 0 radical (unpaired) electrons. The summed E-state index contributed by atoms with van der Waals surface area (Å²) < 4.78 is 0. The summed E-state index contributed by atoms with van der Waals surface area (Å²) in [4.78, 5) is 10.3. The van der Waals surface area contributed by atoms with Gasteiger partial charge in [0.1, 0.15) is 6.29 Å². The highest BCUT2D eigenvalue weighted by Crippen LogP contribution is 2.13. The van der Waals surface area contributed by atoms with E-state index in [4.69, 9.17) is 0 Å². The third-order valence-electron chi connectivity index (χ3n) is 1.94. The maximum Gasteiger partial charge on any atom is 0.150 e. The Balaban J connectivity index is 2.99. The zero-order valence-electron chi connectivity index (χ0n) is 7.37. The quantitative estimate of drug-likeness (QED) is 0.608. The number of carbonyl (C=O) groups is 1. The van der Waals surface area contributed by atoms with Crippen LogP contribution in [0.5, 0.6) is 0 Å². The Hall–Kier alpha value is -1.37. The van der Waals surface area contributed by atoms with Crippen molar-refractivity contribution in [2.75, 3.05) is 0 Å². The first-order valence-corrected chi connectivity index (χ1v) is 3.96. The Bertz CT molecular complexity index is 293. The van der Waals surface area contributed by atoms with Crippen LogP contribution < -0.4 is 0 Å². The summed E-state index contributed by atoms with van der Waals surface area (Å²) in [7, 11) is 0. The monoisotopic (exact) mass is 160 g/mol. The molecule has 0 saturated carbocycles. The first-order chi connectivity index (χ1) is 5.77. The van der Waals surface area contributed by atoms with Crippen molar-refractivity contribution in [3.8, 4) is 0 Å². The van der Waals surface area contributed by atoms with E-state index in [2.05, 4.69) is 13.0 Å². The fraction of sp³-hybridized carbons (Fsp3) is 0.182. The third-order valence-corrected chi connectivity index (χ3v) is 1.94. The molecule has 0 aliphatic carbocycles. The lowest BCUT2D eigenvalue weighted by Gasteiger charge is -1.99. The minimum absolute atomic E-state index is 0.725. The standard InChI is InChI=1S/C11H12O/c1-3-9(2)11-6-4-10(8-12)5-7-11/h3-8H,1-2H3/b9-3+. The number of carbonyl (C=O) groups excluding carboxylic acids is 1. The van der Waals surface area contributed by atoms with Crippen molar-refractivity contribution >= 4 is 11.9 Å². The van der Waals surface area contributed by atoms with Gasteiger partial charge in [-0.05, 0) is 25.0 Å². The van der Waals surface area contributed by atoms with Crippen molar-refractivity contribution in [1.82, 2.24) is 0 Å². The van der Waals surface area contributed by atoms with Crippen molar-refractivity contribution in [1.29, 1.82) is 0 Å². The maximum absolute atomic E-state index is 10.3. The van der Waals surface area contributed by atoms with Crippen molar-refractivity contribution in [2.45, 2.75) is 13.8 Å². The first-order valence-electron chi connectivity index (χ1n) is 3.96. The molecule has 0 N–H and O–H groups in total. The Labute approximate surface area is 72.7 Å². The van der Waals surface area contributed by atoms with Gasteiger partial charge in [0.2, 0.25) is 0 Å². The second-order valence-electron chi connectivity index (χ2n) is 2.71. The smallest absolute Gasteiger partial charge is 0.150 e. The van der Waals surface area contributed by atoms with Crippen LogP contribution in [0.2, 0.25) is 0 Å². The van der Waals surface area contributed by atoms with E-state index in [1.807, 2.05) is 31.2 Å². The van der Waals surface area contributed by atoms with Gasteiger partial charge in [-0.2, -0.15) is 0 Å². The molecule has 0 fully saturated rings. The van der Waals surface area contributed by atoms with E-state index in [0.29, 0.717) is 0 Å². The molecule has 1 rings (SSSR count). The van der Waals surface area contributed by atoms with E-state index in [1.165, 1.54) is 11.1 Å². The number of benzene rings is 1. The van der Waals surface area contributed by atoms with E-state index in [0.717, 1.165) is 11.8 Å². The van der Waals surface area contributed by atoms with Crippen LogP contribution in [0.4, 0.5) is 0 Å². The lowest BCUT2D eigenvalue weighted by molar-refractivity contribution is 0.112. The van der Waals surface area contributed by atoms with Gasteiger partial charge in [0.05, 0.1) is 0 Å². The molecule has 0 amide bonds. The molecule has 0 aliphatic rings. The van der Waals surface area contributed by atoms with Crippen LogP contribution in [-0.4, -0.2) is 6.29 Å². The van der Waals surface area contributed by atoms with E-state index in [9.17, 15) is 4.79 Å². The molecule has 0 aliphatic heterocycles. The van der Waals surface area contributed by atoms with E-state index in [-0.39, 0.29) is 0 Å². The van der Waals surface area contributed by atoms with Crippen molar-refractivity contribution < 1.29 is 4.79 Å². The Kier molecular flexibility index (Phi) is 2.81. The minimum atomic E-state index is 0.725. The van der Waals surface area contributed by atoms with Crippen molar-refractivity contribution in [3.63, 3.8) is 0 Å². The molecule has 0 aromatic heterocycles. The number of hydrogen-bond donors (Lipinski definition) is 0. The lowest BCUT2D eigenvalue weighted by Crippen LogP contribution is -1.81. The topological polar surface area (TPSA) is 17.1 Å². The van der Waals surface area contributed by atoms with Crippen LogP contribution in [-0.2, 0) is 0 Å². The van der Waals surface area contributed by atoms with Gasteiger partial charge in [0, 0.05) is 5.56 Å². The Morgan fingerprint density at radius 3 is 2.25 bits per heavy atom. The second-order valence-corrected chi connectivity index (χ2v) is 2.71. The van der Waals surface area contributed by atoms with Crippen LogP contribution in [0.3, 0.4) is 0 Å². The van der Waals surface area contributed by atoms with Gasteiger partial charge in [0.15, 0.2) is 0 Å². The van der Waals surface area contributed by atoms with E-state index in [1.54, 1.807) is 0 Å². The second kappa shape index (κ2) is 3.86. The molecule has 62 valence electrons. The summed E-state index contributed by atoms with van der Waals surface area (Å²) in [5, 5.41) is 0. The summed E-state index contributed by atoms with van der Waals surface area (Å²) in [6, 6.07) is 7.57. The first kappa shape index (κ1) is 8.72. The summed E-state index contributed by atoms with van der Waals surface area (Å²) in [6.07, 6.45) is 2.91. The van der Waals surface area contributed by atoms with E-state index < -0.39 is 0 Å². The average Bonchev–Trinajstić information content (AvgIpc) is 2.17. The number of allylic oxidation sites excluding steroid dienone is 2. The average molecular weight is 160 g/mol. The van der Waals surface area contributed by atoms with Gasteiger partial charge >= 0.3 is 0 Å². The number of hydrogen-bond acceptors (Lipinski definition) is 1. The third kappa shape index (κ3) is 1.82. The Morgan fingerprint density at radius 2 is 1.83 bits per heavy atom. The molecular formula is C11H12O. The van der Waals surface area contributed by atoms with Gasteiger partial charge < -0.3 is 0 Å². The molecule has 1 heteroatoms. The highest BCUT2D eigenvalue weighted by molar-refractivity contribution is 5.76. The maximum atomic E-state index is 10.3. The molecule has 1 nitrogen and oxygen atoms in total. The molecule has 0 bridgehead atoms. The van der Waals surface area contributed by atoms with Gasteiger partial charge in [-0.15, -0.1) is 0 Å². The molecule has 1 aromatic rings. The van der Waals surface area contributed by atoms with Gasteiger partial charge in [0.25, 0.3) is 0 Å².